The summed E-state index contributed by atoms with van der Waals surface area (Å²) in [6, 6.07) is 16.5. The number of aryl methyl sites for hydroxylation is 1. The van der Waals surface area contributed by atoms with Crippen molar-refractivity contribution in [2.24, 2.45) is 4.40 Å². The van der Waals surface area contributed by atoms with Crippen molar-refractivity contribution in [1.82, 2.24) is 4.90 Å². The zero-order valence-corrected chi connectivity index (χ0v) is 15.0. The summed E-state index contributed by atoms with van der Waals surface area (Å²) in [6.45, 7) is 3.15. The van der Waals surface area contributed by atoms with Crippen molar-refractivity contribution in [3.05, 3.63) is 78.0 Å². The minimum Gasteiger partial charge on any atom is -0.457 e. The molecule has 4 rings (SSSR count). The molecule has 0 unspecified atom stereocenters. The van der Waals surface area contributed by atoms with E-state index in [-0.39, 0.29) is 0 Å². The lowest BCUT2D eigenvalue weighted by molar-refractivity contribution is 0.482. The number of nitrogens with zero attached hydrogens (tertiary/aromatic N) is 2. The van der Waals surface area contributed by atoms with Gasteiger partial charge in [-0.1, -0.05) is 31.2 Å². The van der Waals surface area contributed by atoms with Gasteiger partial charge in [0.2, 0.25) is 0 Å². The van der Waals surface area contributed by atoms with Crippen molar-refractivity contribution in [2.45, 2.75) is 13.3 Å². The number of benzene rings is 2. The average Bonchev–Trinajstić information content (AvgIpc) is 2.68. The molecule has 2 aliphatic rings. The van der Waals surface area contributed by atoms with Gasteiger partial charge in [-0.05, 0) is 65.9 Å². The Kier molecular flexibility index (Phi) is 4.61. The topological polar surface area (TPSA) is 24.8 Å². The van der Waals surface area contributed by atoms with Gasteiger partial charge in [0.05, 0.1) is 0 Å². The molecule has 0 bridgehead atoms. The lowest BCUT2D eigenvalue weighted by atomic mass is 10.0. The first kappa shape index (κ1) is 16.0. The van der Waals surface area contributed by atoms with E-state index >= 15 is 0 Å². The second-order valence-electron chi connectivity index (χ2n) is 5.99. The van der Waals surface area contributed by atoms with E-state index in [1.807, 2.05) is 24.3 Å². The predicted octanol–water partition coefficient (Wildman–Crippen LogP) is 5.31. The Morgan fingerprint density at radius 3 is 2.84 bits per heavy atom. The summed E-state index contributed by atoms with van der Waals surface area (Å²) in [4.78, 5) is 2.21. The molecule has 0 radical (unpaired) electrons. The van der Waals surface area contributed by atoms with Gasteiger partial charge in [0.1, 0.15) is 17.3 Å². The highest BCUT2D eigenvalue weighted by Gasteiger charge is 2.21. The lowest BCUT2D eigenvalue weighted by Crippen LogP contribution is -2.32. The highest BCUT2D eigenvalue weighted by Crippen LogP contribution is 2.29. The predicted molar refractivity (Wildman–Crippen MR) is 106 cm³/mol. The molecule has 2 aliphatic heterocycles. The molecule has 3 nitrogen and oxygen atoms in total. The second-order valence-corrected chi connectivity index (χ2v) is 6.84. The molecule has 0 aliphatic carbocycles. The maximum Gasteiger partial charge on any atom is 0.148 e. The zero-order valence-electron chi connectivity index (χ0n) is 14.2. The Balaban J connectivity index is 1.55. The molecule has 0 saturated carbocycles. The number of fused-ring (bicyclic) bond motifs is 1. The maximum absolute atomic E-state index is 5.99. The smallest absolute Gasteiger partial charge is 0.148 e. The molecule has 2 aromatic carbocycles. The molecule has 0 fully saturated rings. The monoisotopic (exact) mass is 348 g/mol. The van der Waals surface area contributed by atoms with Crippen LogP contribution in [0.4, 0.5) is 0 Å². The molecular formula is C21H20N2OS. The number of rotatable bonds is 4. The number of allylic oxidation sites excluding steroid dienone is 2. The third-order valence-electron chi connectivity index (χ3n) is 4.32. The van der Waals surface area contributed by atoms with Gasteiger partial charge in [0.25, 0.3) is 0 Å². The standard InChI is InChI=1S/C21H20N2OS/c1-2-16-5-3-6-19(15-16)24-18-10-8-17(9-11-18)20-7-4-12-23-13-14-25-22-21(20)23/h3-12,15H,2,13-14H2,1H3. The summed E-state index contributed by atoms with van der Waals surface area (Å²) in [6.07, 6.45) is 7.32. The summed E-state index contributed by atoms with van der Waals surface area (Å²) in [5.41, 5.74) is 3.60. The van der Waals surface area contributed by atoms with Crippen LogP contribution < -0.4 is 4.74 Å². The van der Waals surface area contributed by atoms with Crippen molar-refractivity contribution in [2.75, 3.05) is 12.3 Å². The third kappa shape index (κ3) is 3.49. The van der Waals surface area contributed by atoms with Crippen molar-refractivity contribution < 1.29 is 4.74 Å². The fourth-order valence-electron chi connectivity index (χ4n) is 2.96. The van der Waals surface area contributed by atoms with Gasteiger partial charge in [-0.3, -0.25) is 0 Å². The summed E-state index contributed by atoms with van der Waals surface area (Å²) in [7, 11) is 0. The molecule has 0 aromatic heterocycles. The maximum atomic E-state index is 5.99. The van der Waals surface area contributed by atoms with E-state index in [2.05, 4.69) is 58.8 Å². The average molecular weight is 348 g/mol. The minimum atomic E-state index is 0.848. The molecule has 25 heavy (non-hydrogen) atoms. The van der Waals surface area contributed by atoms with Crippen LogP contribution >= 0.6 is 11.9 Å². The van der Waals surface area contributed by atoms with Crippen LogP contribution in [0.2, 0.25) is 0 Å². The van der Waals surface area contributed by atoms with Crippen LogP contribution in [0.1, 0.15) is 18.1 Å². The van der Waals surface area contributed by atoms with Crippen molar-refractivity contribution >= 4 is 23.4 Å². The molecule has 0 saturated heterocycles. The van der Waals surface area contributed by atoms with Crippen molar-refractivity contribution in [3.8, 4) is 11.5 Å². The van der Waals surface area contributed by atoms with Crippen LogP contribution in [0.3, 0.4) is 0 Å². The fourth-order valence-corrected chi connectivity index (χ4v) is 3.66. The molecular weight excluding hydrogens is 328 g/mol. The minimum absolute atomic E-state index is 0.848. The van der Waals surface area contributed by atoms with E-state index in [1.165, 1.54) is 5.56 Å². The third-order valence-corrected chi connectivity index (χ3v) is 4.99. The first-order chi connectivity index (χ1) is 12.3. The highest BCUT2D eigenvalue weighted by atomic mass is 32.2. The summed E-state index contributed by atoms with van der Waals surface area (Å²) < 4.78 is 10.6. The molecule has 126 valence electrons. The molecule has 2 aromatic rings. The van der Waals surface area contributed by atoms with Gasteiger partial charge in [0.15, 0.2) is 0 Å². The Morgan fingerprint density at radius 1 is 1.12 bits per heavy atom. The Hall–Kier alpha value is -2.46. The van der Waals surface area contributed by atoms with Gasteiger partial charge in [-0.25, -0.2) is 0 Å². The van der Waals surface area contributed by atoms with Crippen molar-refractivity contribution in [1.29, 1.82) is 0 Å². The van der Waals surface area contributed by atoms with Crippen LogP contribution in [-0.4, -0.2) is 23.0 Å². The molecule has 4 heteroatoms. The molecule has 0 spiro atoms. The van der Waals surface area contributed by atoms with Gasteiger partial charge < -0.3 is 9.64 Å². The Labute approximate surface area is 152 Å². The Morgan fingerprint density at radius 2 is 2.00 bits per heavy atom. The van der Waals surface area contributed by atoms with E-state index in [0.29, 0.717) is 0 Å². The van der Waals surface area contributed by atoms with Gasteiger partial charge in [-0.15, -0.1) is 0 Å². The zero-order chi connectivity index (χ0) is 17.1. The number of amidine groups is 1. The largest absolute Gasteiger partial charge is 0.457 e. The van der Waals surface area contributed by atoms with E-state index < -0.39 is 0 Å². The molecule has 2 heterocycles. The van der Waals surface area contributed by atoms with E-state index in [0.717, 1.165) is 47.2 Å². The number of hydrogen-bond donors (Lipinski definition) is 0. The summed E-state index contributed by atoms with van der Waals surface area (Å²) >= 11 is 1.63. The normalized spacial score (nSPS) is 16.1. The van der Waals surface area contributed by atoms with E-state index in [9.17, 15) is 0 Å². The SMILES string of the molecule is CCc1cccc(Oc2ccc(C3=CC=CN4CCSN=C34)cc2)c1. The van der Waals surface area contributed by atoms with Gasteiger partial charge in [-0.2, -0.15) is 4.40 Å². The fraction of sp³-hybridized carbons (Fsp3) is 0.190. The lowest BCUT2D eigenvalue weighted by Gasteiger charge is -2.29. The van der Waals surface area contributed by atoms with Crippen LogP contribution in [0.5, 0.6) is 11.5 Å². The van der Waals surface area contributed by atoms with Crippen LogP contribution in [0.15, 0.2) is 71.3 Å². The van der Waals surface area contributed by atoms with Crippen LogP contribution in [0.25, 0.3) is 5.57 Å². The van der Waals surface area contributed by atoms with Crippen molar-refractivity contribution in [3.63, 3.8) is 0 Å². The summed E-state index contributed by atoms with van der Waals surface area (Å²) in [5, 5.41) is 0. The van der Waals surface area contributed by atoms with Crippen LogP contribution in [-0.2, 0) is 6.42 Å². The van der Waals surface area contributed by atoms with E-state index in [1.54, 1.807) is 11.9 Å². The summed E-state index contributed by atoms with van der Waals surface area (Å²) in [5.74, 6) is 3.81. The molecule has 0 amide bonds. The number of hydrogen-bond acceptors (Lipinski definition) is 4. The number of ether oxygens (including phenoxy) is 1. The van der Waals surface area contributed by atoms with E-state index in [4.69, 9.17) is 4.74 Å². The first-order valence-corrected chi connectivity index (χ1v) is 9.50. The van der Waals surface area contributed by atoms with Gasteiger partial charge >= 0.3 is 0 Å². The van der Waals surface area contributed by atoms with Crippen LogP contribution in [0, 0.1) is 0 Å². The molecule has 0 atom stereocenters. The molecule has 0 N–H and O–H groups in total. The quantitative estimate of drug-likeness (QED) is 0.700. The Bertz CT molecular complexity index is 852. The second kappa shape index (κ2) is 7.19. The highest BCUT2D eigenvalue weighted by molar-refractivity contribution is 7.98. The van der Waals surface area contributed by atoms with Gasteiger partial charge in [0, 0.05) is 24.1 Å². The first-order valence-electron chi connectivity index (χ1n) is 8.56.